The van der Waals surface area contributed by atoms with Crippen LogP contribution in [0.5, 0.6) is 0 Å². The van der Waals surface area contributed by atoms with Crippen LogP contribution in [-0.2, 0) is 4.79 Å². The van der Waals surface area contributed by atoms with Crippen LogP contribution >= 0.6 is 12.4 Å². The standard InChI is InChI=1S/C13H19N3O.ClH/c1-11-2-4-12(5-3-11)15-13(17)10-16-8-6-14-7-9-16;/h2-5,14H,6-10H2,1H3,(H,15,17);1H. The van der Waals surface area contributed by atoms with Crippen molar-refractivity contribution < 1.29 is 4.79 Å². The number of hydrogen-bond donors (Lipinski definition) is 2. The first-order valence-corrected chi connectivity index (χ1v) is 6.03. The second kappa shape index (κ2) is 7.36. The van der Waals surface area contributed by atoms with Gasteiger partial charge < -0.3 is 10.6 Å². The van der Waals surface area contributed by atoms with E-state index in [1.165, 1.54) is 5.56 Å². The van der Waals surface area contributed by atoms with Gasteiger partial charge in [0.2, 0.25) is 5.91 Å². The minimum absolute atomic E-state index is 0. The van der Waals surface area contributed by atoms with E-state index in [1.807, 2.05) is 31.2 Å². The fraction of sp³-hybridized carbons (Fsp3) is 0.462. The summed E-state index contributed by atoms with van der Waals surface area (Å²) in [5, 5.41) is 6.19. The Labute approximate surface area is 114 Å². The van der Waals surface area contributed by atoms with Crippen molar-refractivity contribution in [1.82, 2.24) is 10.2 Å². The molecule has 100 valence electrons. The lowest BCUT2D eigenvalue weighted by Gasteiger charge is -2.26. The first-order chi connectivity index (χ1) is 8.24. The topological polar surface area (TPSA) is 44.4 Å². The molecule has 5 heteroatoms. The monoisotopic (exact) mass is 269 g/mol. The molecule has 0 saturated carbocycles. The molecule has 1 heterocycles. The molecule has 2 rings (SSSR count). The van der Waals surface area contributed by atoms with Crippen LogP contribution in [0.25, 0.3) is 0 Å². The molecule has 0 aromatic heterocycles. The summed E-state index contributed by atoms with van der Waals surface area (Å²) in [5.41, 5.74) is 2.07. The summed E-state index contributed by atoms with van der Waals surface area (Å²) in [4.78, 5) is 14.0. The lowest BCUT2D eigenvalue weighted by molar-refractivity contribution is -0.117. The van der Waals surface area contributed by atoms with Gasteiger partial charge in [0.1, 0.15) is 0 Å². The van der Waals surface area contributed by atoms with Crippen LogP contribution in [0.1, 0.15) is 5.56 Å². The molecule has 2 N–H and O–H groups in total. The molecule has 0 spiro atoms. The highest BCUT2D eigenvalue weighted by molar-refractivity contribution is 5.92. The van der Waals surface area contributed by atoms with E-state index in [9.17, 15) is 4.79 Å². The summed E-state index contributed by atoms with van der Waals surface area (Å²) >= 11 is 0. The average molecular weight is 270 g/mol. The SMILES string of the molecule is Cc1ccc(NC(=O)CN2CCNCC2)cc1.Cl. The molecule has 0 aliphatic carbocycles. The molecular weight excluding hydrogens is 250 g/mol. The van der Waals surface area contributed by atoms with E-state index in [4.69, 9.17) is 0 Å². The van der Waals surface area contributed by atoms with Crippen LogP contribution in [0.4, 0.5) is 5.69 Å². The molecule has 1 aliphatic heterocycles. The molecule has 1 amide bonds. The predicted molar refractivity (Wildman–Crippen MR) is 76.4 cm³/mol. The number of carbonyl (C=O) groups is 1. The Kier molecular flexibility index (Phi) is 6.12. The van der Waals surface area contributed by atoms with Gasteiger partial charge in [-0.25, -0.2) is 0 Å². The normalized spacial score (nSPS) is 15.8. The van der Waals surface area contributed by atoms with E-state index in [-0.39, 0.29) is 18.3 Å². The summed E-state index contributed by atoms with van der Waals surface area (Å²) in [7, 11) is 0. The van der Waals surface area contributed by atoms with E-state index in [0.717, 1.165) is 31.9 Å². The second-order valence-corrected chi connectivity index (χ2v) is 4.44. The maximum absolute atomic E-state index is 11.8. The van der Waals surface area contributed by atoms with Crippen molar-refractivity contribution in [3.8, 4) is 0 Å². The number of nitrogens with one attached hydrogen (secondary N) is 2. The third-order valence-corrected chi connectivity index (χ3v) is 2.91. The smallest absolute Gasteiger partial charge is 0.238 e. The second-order valence-electron chi connectivity index (χ2n) is 4.44. The third kappa shape index (κ3) is 4.64. The molecule has 0 radical (unpaired) electrons. The molecular formula is C13H20ClN3O. The summed E-state index contributed by atoms with van der Waals surface area (Å²) < 4.78 is 0. The Morgan fingerprint density at radius 1 is 1.28 bits per heavy atom. The van der Waals surface area contributed by atoms with Gasteiger partial charge >= 0.3 is 0 Å². The zero-order valence-corrected chi connectivity index (χ0v) is 11.4. The highest BCUT2D eigenvalue weighted by Crippen LogP contribution is 2.08. The first kappa shape index (κ1) is 15.0. The molecule has 0 atom stereocenters. The molecule has 0 unspecified atom stereocenters. The Bertz CT molecular complexity index is 374. The molecule has 1 saturated heterocycles. The number of aryl methyl sites for hydroxylation is 1. The minimum atomic E-state index is 0. The van der Waals surface area contributed by atoms with Gasteiger partial charge in [-0.05, 0) is 19.1 Å². The summed E-state index contributed by atoms with van der Waals surface area (Å²) in [6, 6.07) is 7.87. The van der Waals surface area contributed by atoms with Crippen molar-refractivity contribution in [1.29, 1.82) is 0 Å². The predicted octanol–water partition coefficient (Wildman–Crippen LogP) is 1.26. The number of benzene rings is 1. The Balaban J connectivity index is 0.00000162. The van der Waals surface area contributed by atoms with Crippen molar-refractivity contribution in [2.24, 2.45) is 0 Å². The Morgan fingerprint density at radius 2 is 1.89 bits per heavy atom. The highest BCUT2D eigenvalue weighted by atomic mass is 35.5. The Morgan fingerprint density at radius 3 is 2.50 bits per heavy atom. The zero-order valence-electron chi connectivity index (χ0n) is 10.6. The minimum Gasteiger partial charge on any atom is -0.325 e. The van der Waals surface area contributed by atoms with Crippen molar-refractivity contribution in [2.75, 3.05) is 38.0 Å². The summed E-state index contributed by atoms with van der Waals surface area (Å²) in [6.07, 6.45) is 0. The number of halogens is 1. The van der Waals surface area contributed by atoms with Gasteiger partial charge in [0.15, 0.2) is 0 Å². The Hall–Kier alpha value is -1.10. The molecule has 1 aromatic carbocycles. The van der Waals surface area contributed by atoms with Crippen LogP contribution in [0.2, 0.25) is 0 Å². The highest BCUT2D eigenvalue weighted by Gasteiger charge is 2.13. The largest absolute Gasteiger partial charge is 0.325 e. The van der Waals surface area contributed by atoms with Gasteiger partial charge in [0, 0.05) is 31.9 Å². The molecule has 0 bridgehead atoms. The number of anilines is 1. The van der Waals surface area contributed by atoms with Crippen LogP contribution in [0.3, 0.4) is 0 Å². The van der Waals surface area contributed by atoms with Crippen molar-refractivity contribution in [3.63, 3.8) is 0 Å². The van der Waals surface area contributed by atoms with Crippen molar-refractivity contribution in [2.45, 2.75) is 6.92 Å². The number of nitrogens with zero attached hydrogens (tertiary/aromatic N) is 1. The lowest BCUT2D eigenvalue weighted by atomic mass is 10.2. The number of carbonyl (C=O) groups excluding carboxylic acids is 1. The quantitative estimate of drug-likeness (QED) is 0.868. The van der Waals surface area contributed by atoms with Gasteiger partial charge in [-0.2, -0.15) is 0 Å². The van der Waals surface area contributed by atoms with Gasteiger partial charge in [0.25, 0.3) is 0 Å². The van der Waals surface area contributed by atoms with E-state index in [1.54, 1.807) is 0 Å². The molecule has 1 fully saturated rings. The average Bonchev–Trinajstić information content (AvgIpc) is 2.33. The van der Waals surface area contributed by atoms with Crippen LogP contribution in [0.15, 0.2) is 24.3 Å². The van der Waals surface area contributed by atoms with Crippen molar-refractivity contribution >= 4 is 24.0 Å². The third-order valence-electron chi connectivity index (χ3n) is 2.91. The van der Waals surface area contributed by atoms with Crippen LogP contribution in [0, 0.1) is 6.92 Å². The van der Waals surface area contributed by atoms with Gasteiger partial charge in [-0.1, -0.05) is 17.7 Å². The molecule has 4 nitrogen and oxygen atoms in total. The van der Waals surface area contributed by atoms with E-state index < -0.39 is 0 Å². The van der Waals surface area contributed by atoms with Crippen LogP contribution < -0.4 is 10.6 Å². The lowest BCUT2D eigenvalue weighted by Crippen LogP contribution is -2.46. The fourth-order valence-electron chi connectivity index (χ4n) is 1.91. The summed E-state index contributed by atoms with van der Waals surface area (Å²) in [5.74, 6) is 0.0655. The molecule has 18 heavy (non-hydrogen) atoms. The fourth-order valence-corrected chi connectivity index (χ4v) is 1.91. The number of rotatable bonds is 3. The maximum atomic E-state index is 11.8. The van der Waals surface area contributed by atoms with E-state index in [0.29, 0.717) is 6.54 Å². The number of amides is 1. The summed E-state index contributed by atoms with van der Waals surface area (Å²) in [6.45, 7) is 6.35. The van der Waals surface area contributed by atoms with Gasteiger partial charge in [-0.15, -0.1) is 12.4 Å². The van der Waals surface area contributed by atoms with Crippen LogP contribution in [-0.4, -0.2) is 43.5 Å². The van der Waals surface area contributed by atoms with E-state index >= 15 is 0 Å². The van der Waals surface area contributed by atoms with Crippen molar-refractivity contribution in [3.05, 3.63) is 29.8 Å². The molecule has 1 aliphatic rings. The maximum Gasteiger partial charge on any atom is 0.238 e. The molecule has 1 aromatic rings. The zero-order chi connectivity index (χ0) is 12.1. The van der Waals surface area contributed by atoms with Gasteiger partial charge in [0.05, 0.1) is 6.54 Å². The first-order valence-electron chi connectivity index (χ1n) is 6.03. The number of piperazine rings is 1. The van der Waals surface area contributed by atoms with Gasteiger partial charge in [-0.3, -0.25) is 9.69 Å². The van der Waals surface area contributed by atoms with E-state index in [2.05, 4.69) is 15.5 Å². The number of hydrogen-bond acceptors (Lipinski definition) is 3.